The van der Waals surface area contributed by atoms with Crippen LogP contribution >= 0.6 is 0 Å². The van der Waals surface area contributed by atoms with Gasteiger partial charge in [0.2, 0.25) is 0 Å². The summed E-state index contributed by atoms with van der Waals surface area (Å²) < 4.78 is 6.39. The second-order valence-electron chi connectivity index (χ2n) is 14.3. The summed E-state index contributed by atoms with van der Waals surface area (Å²) in [6, 6.07) is 0. The van der Waals surface area contributed by atoms with Crippen LogP contribution in [0.1, 0.15) is 113 Å². The first-order chi connectivity index (χ1) is 15.0. The summed E-state index contributed by atoms with van der Waals surface area (Å²) in [5.74, 6) is 3.22. The third-order valence-electron chi connectivity index (χ3n) is 13.3. The van der Waals surface area contributed by atoms with Gasteiger partial charge in [0.15, 0.2) is 0 Å². The lowest BCUT2D eigenvalue weighted by molar-refractivity contribution is -0.195. The molecule has 2 heteroatoms. The fourth-order valence-corrected chi connectivity index (χ4v) is 11.4. The molecule has 1 aliphatic heterocycles. The summed E-state index contributed by atoms with van der Waals surface area (Å²) in [6.45, 7) is 17.5. The Bertz CT molecular complexity index is 899. The molecule has 8 atom stereocenters. The normalized spacial score (nSPS) is 53.9. The predicted molar refractivity (Wildman–Crippen MR) is 129 cm³/mol. The number of fused-ring (bicyclic) bond motifs is 5. The van der Waals surface area contributed by atoms with Crippen LogP contribution in [0.2, 0.25) is 0 Å². The predicted octanol–water partition coefficient (Wildman–Crippen LogP) is 7.71. The van der Waals surface area contributed by atoms with Crippen molar-refractivity contribution in [1.29, 1.82) is 0 Å². The highest BCUT2D eigenvalue weighted by Gasteiger charge is 2.78. The van der Waals surface area contributed by atoms with Crippen LogP contribution in [0, 0.1) is 51.2 Å². The Morgan fingerprint density at radius 3 is 2.22 bits per heavy atom. The van der Waals surface area contributed by atoms with Crippen LogP contribution in [0.3, 0.4) is 0 Å². The van der Waals surface area contributed by atoms with E-state index in [1.165, 1.54) is 44.9 Å². The Hall–Kier alpha value is -0.790. The SMILES string of the molecule is CC(C)C1=C2CC[C@]3(C)[C@H](CC[C@@H]4[C@@H]5[C@]6(CC[C@@]5(C(C)C)OC6=O)CC[C@]43C)[C@@]2(C)CC1. The van der Waals surface area contributed by atoms with Crippen molar-refractivity contribution >= 4 is 5.97 Å². The van der Waals surface area contributed by atoms with Gasteiger partial charge in [-0.3, -0.25) is 4.79 Å². The topological polar surface area (TPSA) is 26.3 Å². The average Bonchev–Trinajstić information content (AvgIpc) is 3.33. The fourth-order valence-electron chi connectivity index (χ4n) is 11.4. The van der Waals surface area contributed by atoms with Crippen LogP contribution in [-0.2, 0) is 9.53 Å². The van der Waals surface area contributed by atoms with Gasteiger partial charge in [0, 0.05) is 5.92 Å². The molecule has 0 aromatic heterocycles. The van der Waals surface area contributed by atoms with Crippen molar-refractivity contribution in [1.82, 2.24) is 0 Å². The van der Waals surface area contributed by atoms with Gasteiger partial charge in [-0.05, 0) is 104 Å². The van der Waals surface area contributed by atoms with Gasteiger partial charge < -0.3 is 4.74 Å². The Morgan fingerprint density at radius 2 is 1.56 bits per heavy atom. The Labute approximate surface area is 196 Å². The maximum atomic E-state index is 13.3. The molecule has 6 aliphatic rings. The van der Waals surface area contributed by atoms with Gasteiger partial charge in [-0.1, -0.05) is 59.6 Å². The highest BCUT2D eigenvalue weighted by atomic mass is 16.6. The summed E-state index contributed by atoms with van der Waals surface area (Å²) in [7, 11) is 0. The third kappa shape index (κ3) is 2.14. The molecule has 2 bridgehead atoms. The lowest BCUT2D eigenvalue weighted by Crippen LogP contribution is -2.63. The molecule has 0 aromatic rings. The minimum atomic E-state index is -0.186. The number of carbonyl (C=O) groups is 1. The zero-order chi connectivity index (χ0) is 22.9. The quantitative estimate of drug-likeness (QED) is 0.326. The zero-order valence-corrected chi connectivity index (χ0v) is 21.8. The second kappa shape index (κ2) is 6.25. The van der Waals surface area contributed by atoms with E-state index < -0.39 is 0 Å². The van der Waals surface area contributed by atoms with Crippen LogP contribution < -0.4 is 0 Å². The molecule has 0 spiro atoms. The minimum absolute atomic E-state index is 0.153. The van der Waals surface area contributed by atoms with E-state index in [1.807, 2.05) is 5.57 Å². The van der Waals surface area contributed by atoms with E-state index >= 15 is 0 Å². The van der Waals surface area contributed by atoms with Gasteiger partial charge in [-0.2, -0.15) is 0 Å². The standard InChI is InChI=1S/C30H46O2/c1-18(2)20-10-12-26(5)21(20)11-13-28(7)23(26)9-8-22-24-29(15-14-27(22,28)6)16-17-30(24,19(3)4)32-25(29)31/h18-19,22-24H,8-17H2,1-7H3/t22-,23-,24-,26+,27-,28-,29-,30+/m1/s1. The minimum Gasteiger partial charge on any atom is -0.458 e. The fraction of sp³-hybridized carbons (Fsp3) is 0.900. The molecule has 0 N–H and O–H groups in total. The van der Waals surface area contributed by atoms with Crippen molar-refractivity contribution in [2.24, 2.45) is 51.2 Å². The molecule has 0 radical (unpaired) electrons. The Morgan fingerprint density at radius 1 is 0.844 bits per heavy atom. The van der Waals surface area contributed by atoms with Crippen LogP contribution in [0.4, 0.5) is 0 Å². The van der Waals surface area contributed by atoms with E-state index in [1.54, 1.807) is 5.57 Å². The van der Waals surface area contributed by atoms with Crippen molar-refractivity contribution in [3.8, 4) is 0 Å². The molecule has 32 heavy (non-hydrogen) atoms. The lowest BCUT2D eigenvalue weighted by Gasteiger charge is -2.69. The maximum absolute atomic E-state index is 13.3. The molecular weight excluding hydrogens is 392 g/mol. The van der Waals surface area contributed by atoms with Gasteiger partial charge in [0.05, 0.1) is 5.41 Å². The molecule has 178 valence electrons. The monoisotopic (exact) mass is 438 g/mol. The van der Waals surface area contributed by atoms with E-state index in [0.717, 1.165) is 25.2 Å². The summed E-state index contributed by atoms with van der Waals surface area (Å²) in [5, 5.41) is 0. The first-order valence-electron chi connectivity index (χ1n) is 13.9. The smallest absolute Gasteiger partial charge is 0.313 e. The van der Waals surface area contributed by atoms with Gasteiger partial charge >= 0.3 is 5.97 Å². The van der Waals surface area contributed by atoms with Crippen molar-refractivity contribution in [3.63, 3.8) is 0 Å². The molecule has 4 saturated carbocycles. The van der Waals surface area contributed by atoms with Crippen molar-refractivity contribution in [3.05, 3.63) is 11.1 Å². The van der Waals surface area contributed by atoms with Crippen LogP contribution in [0.25, 0.3) is 0 Å². The van der Waals surface area contributed by atoms with Gasteiger partial charge in [-0.25, -0.2) is 0 Å². The van der Waals surface area contributed by atoms with Crippen LogP contribution in [-0.4, -0.2) is 11.6 Å². The number of rotatable bonds is 2. The number of hydrogen-bond donors (Lipinski definition) is 0. The molecule has 1 saturated heterocycles. The molecule has 6 rings (SSSR count). The number of ether oxygens (including phenoxy) is 1. The molecule has 0 amide bonds. The largest absolute Gasteiger partial charge is 0.458 e. The molecule has 0 unspecified atom stereocenters. The highest BCUT2D eigenvalue weighted by molar-refractivity contribution is 5.82. The first kappa shape index (κ1) is 21.7. The third-order valence-corrected chi connectivity index (χ3v) is 13.3. The summed E-state index contributed by atoms with van der Waals surface area (Å²) in [6.07, 6.45) is 12.6. The first-order valence-corrected chi connectivity index (χ1v) is 13.9. The molecule has 5 fully saturated rings. The summed E-state index contributed by atoms with van der Waals surface area (Å²) in [5.41, 5.74) is 4.45. The van der Waals surface area contributed by atoms with Crippen molar-refractivity contribution in [2.45, 2.75) is 118 Å². The van der Waals surface area contributed by atoms with Crippen molar-refractivity contribution < 1.29 is 9.53 Å². The van der Waals surface area contributed by atoms with E-state index in [9.17, 15) is 4.79 Å². The summed E-state index contributed by atoms with van der Waals surface area (Å²) in [4.78, 5) is 13.3. The maximum Gasteiger partial charge on any atom is 0.313 e. The van der Waals surface area contributed by atoms with Gasteiger partial charge in [-0.15, -0.1) is 0 Å². The molecule has 1 heterocycles. The number of esters is 1. The van der Waals surface area contributed by atoms with Crippen LogP contribution in [0.15, 0.2) is 11.1 Å². The Kier molecular flexibility index (Phi) is 4.24. The van der Waals surface area contributed by atoms with Crippen molar-refractivity contribution in [2.75, 3.05) is 0 Å². The second-order valence-corrected chi connectivity index (χ2v) is 14.3. The zero-order valence-electron chi connectivity index (χ0n) is 21.8. The molecular formula is C30H46O2. The van der Waals surface area contributed by atoms with Crippen LogP contribution in [0.5, 0.6) is 0 Å². The summed E-state index contributed by atoms with van der Waals surface area (Å²) >= 11 is 0. The number of allylic oxidation sites excluding steroid dienone is 2. The average molecular weight is 439 g/mol. The van der Waals surface area contributed by atoms with E-state index in [2.05, 4.69) is 48.5 Å². The van der Waals surface area contributed by atoms with Gasteiger partial charge in [0.25, 0.3) is 0 Å². The molecule has 2 nitrogen and oxygen atoms in total. The number of carbonyl (C=O) groups excluding carboxylic acids is 1. The van der Waals surface area contributed by atoms with E-state index in [-0.39, 0.29) is 17.0 Å². The Balaban J connectivity index is 1.44. The van der Waals surface area contributed by atoms with Gasteiger partial charge in [0.1, 0.15) is 5.60 Å². The highest BCUT2D eigenvalue weighted by Crippen LogP contribution is 2.79. The molecule has 5 aliphatic carbocycles. The lowest BCUT2D eigenvalue weighted by atomic mass is 9.35. The molecule has 0 aromatic carbocycles. The van der Waals surface area contributed by atoms with E-state index in [4.69, 9.17) is 4.74 Å². The number of hydrogen-bond acceptors (Lipinski definition) is 2. The van der Waals surface area contributed by atoms with E-state index in [0.29, 0.717) is 39.9 Å².